The molecule has 140 valence electrons. The van der Waals surface area contributed by atoms with E-state index in [4.69, 9.17) is 5.10 Å². The van der Waals surface area contributed by atoms with Gasteiger partial charge in [-0.2, -0.15) is 0 Å². The van der Waals surface area contributed by atoms with E-state index in [0.29, 0.717) is 0 Å². The third kappa shape index (κ3) is 3.39. The van der Waals surface area contributed by atoms with Crippen LogP contribution in [0.15, 0.2) is 48.7 Å². The molecule has 0 saturated carbocycles. The van der Waals surface area contributed by atoms with Crippen LogP contribution in [0.3, 0.4) is 0 Å². The summed E-state index contributed by atoms with van der Waals surface area (Å²) in [6.07, 6.45) is 1.86. The number of nitrogens with zero attached hydrogens (tertiary/aromatic N) is 5. The van der Waals surface area contributed by atoms with Crippen LogP contribution in [0.25, 0.3) is 16.9 Å². The van der Waals surface area contributed by atoms with Crippen molar-refractivity contribution in [2.24, 2.45) is 5.41 Å². The molecule has 0 N–H and O–H groups in total. The van der Waals surface area contributed by atoms with Gasteiger partial charge in [-0.05, 0) is 12.1 Å². The van der Waals surface area contributed by atoms with E-state index in [9.17, 15) is 4.79 Å². The number of aromatic nitrogens is 3. The number of hydrogen-bond acceptors (Lipinski definition) is 4. The Morgan fingerprint density at radius 1 is 0.963 bits per heavy atom. The highest BCUT2D eigenvalue weighted by atomic mass is 16.2. The van der Waals surface area contributed by atoms with E-state index in [1.54, 1.807) is 0 Å². The average Bonchev–Trinajstić information content (AvgIpc) is 3.11. The minimum Gasteiger partial charge on any atom is -0.352 e. The van der Waals surface area contributed by atoms with E-state index in [1.165, 1.54) is 0 Å². The summed E-state index contributed by atoms with van der Waals surface area (Å²) in [5.74, 6) is 1.13. The van der Waals surface area contributed by atoms with Gasteiger partial charge in [-0.1, -0.05) is 51.1 Å². The number of rotatable bonds is 2. The maximum absolute atomic E-state index is 12.5. The predicted molar refractivity (Wildman–Crippen MR) is 107 cm³/mol. The molecule has 3 heterocycles. The van der Waals surface area contributed by atoms with Crippen molar-refractivity contribution in [1.29, 1.82) is 0 Å². The van der Waals surface area contributed by atoms with Gasteiger partial charge < -0.3 is 9.80 Å². The Morgan fingerprint density at radius 2 is 1.67 bits per heavy atom. The van der Waals surface area contributed by atoms with Gasteiger partial charge in [0, 0.05) is 37.2 Å². The van der Waals surface area contributed by atoms with Crippen molar-refractivity contribution in [2.45, 2.75) is 20.8 Å². The predicted octanol–water partition coefficient (Wildman–Crippen LogP) is 3.09. The van der Waals surface area contributed by atoms with Crippen LogP contribution < -0.4 is 4.90 Å². The first-order valence-electron chi connectivity index (χ1n) is 9.38. The summed E-state index contributed by atoms with van der Waals surface area (Å²) in [5, 5.41) is 4.83. The third-order valence-electron chi connectivity index (χ3n) is 4.95. The number of amides is 1. The Bertz CT molecular complexity index is 950. The van der Waals surface area contributed by atoms with Crippen molar-refractivity contribution in [2.75, 3.05) is 31.1 Å². The number of fused-ring (bicyclic) bond motifs is 1. The summed E-state index contributed by atoms with van der Waals surface area (Å²) in [6, 6.07) is 14.2. The Kier molecular flexibility index (Phi) is 4.34. The number of imidazole rings is 1. The van der Waals surface area contributed by atoms with Crippen LogP contribution in [-0.4, -0.2) is 51.6 Å². The largest absolute Gasteiger partial charge is 0.352 e. The highest BCUT2D eigenvalue weighted by molar-refractivity contribution is 5.81. The topological polar surface area (TPSA) is 53.7 Å². The second-order valence-electron chi connectivity index (χ2n) is 8.00. The number of anilines is 1. The van der Waals surface area contributed by atoms with E-state index >= 15 is 0 Å². The van der Waals surface area contributed by atoms with Gasteiger partial charge in [0.15, 0.2) is 5.65 Å². The number of hydrogen-bond donors (Lipinski definition) is 0. The molecule has 6 nitrogen and oxygen atoms in total. The summed E-state index contributed by atoms with van der Waals surface area (Å²) in [5.41, 5.74) is 2.57. The van der Waals surface area contributed by atoms with E-state index in [-0.39, 0.29) is 11.3 Å². The smallest absolute Gasteiger partial charge is 0.228 e. The molecule has 1 aliphatic rings. The monoisotopic (exact) mass is 363 g/mol. The molecule has 3 aromatic rings. The summed E-state index contributed by atoms with van der Waals surface area (Å²) < 4.78 is 1.90. The molecule has 1 amide bonds. The Balaban J connectivity index is 1.56. The molecule has 1 fully saturated rings. The van der Waals surface area contributed by atoms with Crippen molar-refractivity contribution < 1.29 is 4.79 Å². The van der Waals surface area contributed by atoms with Crippen molar-refractivity contribution in [3.8, 4) is 11.3 Å². The molecule has 0 unspecified atom stereocenters. The fraction of sp³-hybridized carbons (Fsp3) is 0.381. The first-order chi connectivity index (χ1) is 12.9. The normalized spacial score (nSPS) is 15.4. The summed E-state index contributed by atoms with van der Waals surface area (Å²) in [4.78, 5) is 21.2. The number of benzene rings is 1. The van der Waals surface area contributed by atoms with Gasteiger partial charge in [-0.15, -0.1) is 5.10 Å². The lowest BCUT2D eigenvalue weighted by Gasteiger charge is -2.38. The summed E-state index contributed by atoms with van der Waals surface area (Å²) in [6.45, 7) is 8.95. The van der Waals surface area contributed by atoms with Crippen LogP contribution in [-0.2, 0) is 4.79 Å². The molecule has 6 heteroatoms. The van der Waals surface area contributed by atoms with Crippen molar-refractivity contribution >= 4 is 17.4 Å². The quantitative estimate of drug-likeness (QED) is 0.702. The van der Waals surface area contributed by atoms with E-state index in [1.807, 2.05) is 66.7 Å². The molecular weight excluding hydrogens is 338 g/mol. The summed E-state index contributed by atoms with van der Waals surface area (Å²) >= 11 is 0. The van der Waals surface area contributed by atoms with Crippen molar-refractivity contribution in [3.05, 3.63) is 48.7 Å². The van der Waals surface area contributed by atoms with E-state index in [2.05, 4.69) is 22.0 Å². The zero-order chi connectivity index (χ0) is 19.0. The first-order valence-corrected chi connectivity index (χ1v) is 9.38. The highest BCUT2D eigenvalue weighted by Crippen LogP contribution is 2.23. The van der Waals surface area contributed by atoms with Gasteiger partial charge in [0.1, 0.15) is 5.82 Å². The zero-order valence-corrected chi connectivity index (χ0v) is 16.1. The lowest BCUT2D eigenvalue weighted by molar-refractivity contribution is -0.139. The van der Waals surface area contributed by atoms with Crippen LogP contribution >= 0.6 is 0 Å². The maximum Gasteiger partial charge on any atom is 0.228 e. The van der Waals surface area contributed by atoms with Crippen LogP contribution in [0.4, 0.5) is 5.82 Å². The number of carbonyl (C=O) groups excluding carboxylic acids is 1. The van der Waals surface area contributed by atoms with Crippen LogP contribution in [0.2, 0.25) is 0 Å². The minimum absolute atomic E-state index is 0.214. The third-order valence-corrected chi connectivity index (χ3v) is 4.95. The van der Waals surface area contributed by atoms with Crippen molar-refractivity contribution in [3.63, 3.8) is 0 Å². The molecular formula is C21H25N5O. The Morgan fingerprint density at radius 3 is 2.33 bits per heavy atom. The number of carbonyl (C=O) groups is 1. The molecule has 1 saturated heterocycles. The number of piperazine rings is 1. The van der Waals surface area contributed by atoms with Gasteiger partial charge in [0.25, 0.3) is 0 Å². The van der Waals surface area contributed by atoms with Gasteiger partial charge in [0.2, 0.25) is 5.91 Å². The molecule has 0 radical (unpaired) electrons. The molecule has 0 aliphatic carbocycles. The van der Waals surface area contributed by atoms with Gasteiger partial charge in [-0.25, -0.2) is 9.50 Å². The molecule has 1 aromatic carbocycles. The second kappa shape index (κ2) is 6.68. The van der Waals surface area contributed by atoms with Gasteiger partial charge >= 0.3 is 0 Å². The lowest BCUT2D eigenvalue weighted by Crippen LogP contribution is -2.51. The van der Waals surface area contributed by atoms with Crippen LogP contribution in [0.1, 0.15) is 20.8 Å². The van der Waals surface area contributed by atoms with Crippen LogP contribution in [0.5, 0.6) is 0 Å². The standard InChI is InChI=1S/C21H25N5O/c1-21(2,3)20(27)25-13-11-24(12-14-25)19-10-9-18-22-15-17(26(18)23-19)16-7-5-4-6-8-16/h4-10,15H,11-14H2,1-3H3. The molecule has 4 rings (SSSR count). The summed E-state index contributed by atoms with van der Waals surface area (Å²) in [7, 11) is 0. The molecule has 2 aromatic heterocycles. The lowest BCUT2D eigenvalue weighted by atomic mass is 9.94. The van der Waals surface area contributed by atoms with E-state index < -0.39 is 0 Å². The van der Waals surface area contributed by atoms with Crippen molar-refractivity contribution in [1.82, 2.24) is 19.5 Å². The fourth-order valence-corrected chi connectivity index (χ4v) is 3.45. The first kappa shape index (κ1) is 17.5. The molecule has 0 atom stereocenters. The molecule has 0 bridgehead atoms. The highest BCUT2D eigenvalue weighted by Gasteiger charge is 2.30. The Labute approximate surface area is 159 Å². The fourth-order valence-electron chi connectivity index (χ4n) is 3.45. The van der Waals surface area contributed by atoms with E-state index in [0.717, 1.165) is 48.9 Å². The SMILES string of the molecule is CC(C)(C)C(=O)N1CCN(c2ccc3ncc(-c4ccccc4)n3n2)CC1. The average molecular weight is 363 g/mol. The Hall–Kier alpha value is -2.89. The minimum atomic E-state index is -0.333. The van der Waals surface area contributed by atoms with Gasteiger partial charge in [0.05, 0.1) is 11.9 Å². The molecule has 27 heavy (non-hydrogen) atoms. The molecule has 0 spiro atoms. The van der Waals surface area contributed by atoms with Crippen LogP contribution in [0, 0.1) is 5.41 Å². The second-order valence-corrected chi connectivity index (χ2v) is 8.00. The van der Waals surface area contributed by atoms with Gasteiger partial charge in [-0.3, -0.25) is 4.79 Å². The zero-order valence-electron chi connectivity index (χ0n) is 16.1. The molecule has 1 aliphatic heterocycles. The maximum atomic E-state index is 12.5.